The van der Waals surface area contributed by atoms with Crippen molar-refractivity contribution in [3.05, 3.63) is 103 Å². The number of para-hydroxylation sites is 2. The summed E-state index contributed by atoms with van der Waals surface area (Å²) < 4.78 is 13.2. The molecular formula is C34H27NO2. The van der Waals surface area contributed by atoms with Crippen molar-refractivity contribution in [1.82, 2.24) is 4.98 Å². The number of hydrogen-bond donors (Lipinski definition) is 0. The minimum atomic E-state index is 0.0828. The van der Waals surface area contributed by atoms with Crippen LogP contribution >= 0.6 is 0 Å². The molecule has 0 aliphatic rings. The fraction of sp³-hybridized carbons (Fsp3) is 0.147. The first-order chi connectivity index (χ1) is 18.0. The van der Waals surface area contributed by atoms with Crippen molar-refractivity contribution in [1.29, 1.82) is 0 Å². The molecule has 7 aromatic rings. The van der Waals surface area contributed by atoms with Crippen LogP contribution in [0.4, 0.5) is 0 Å². The van der Waals surface area contributed by atoms with Crippen LogP contribution in [-0.4, -0.2) is 4.98 Å². The van der Waals surface area contributed by atoms with Gasteiger partial charge in [-0.05, 0) is 47.2 Å². The number of aromatic nitrogens is 1. The van der Waals surface area contributed by atoms with Crippen molar-refractivity contribution in [2.75, 3.05) is 0 Å². The molecule has 3 heterocycles. The van der Waals surface area contributed by atoms with Crippen LogP contribution in [0.3, 0.4) is 0 Å². The summed E-state index contributed by atoms with van der Waals surface area (Å²) in [4.78, 5) is 4.90. The highest BCUT2D eigenvalue weighted by Crippen LogP contribution is 2.46. The van der Waals surface area contributed by atoms with E-state index < -0.39 is 0 Å². The smallest absolute Gasteiger partial charge is 0.147 e. The highest BCUT2D eigenvalue weighted by atomic mass is 16.3. The molecule has 0 aliphatic carbocycles. The van der Waals surface area contributed by atoms with E-state index in [1.165, 1.54) is 5.56 Å². The van der Waals surface area contributed by atoms with Gasteiger partial charge >= 0.3 is 0 Å². The van der Waals surface area contributed by atoms with Gasteiger partial charge in [0.25, 0.3) is 0 Å². The number of pyridine rings is 1. The zero-order chi connectivity index (χ0) is 25.1. The maximum absolute atomic E-state index is 6.59. The molecule has 7 rings (SSSR count). The largest absolute Gasteiger partial charge is 0.455 e. The predicted octanol–water partition coefficient (Wildman–Crippen LogP) is 9.80. The number of rotatable bonds is 3. The van der Waals surface area contributed by atoms with Gasteiger partial charge in [0.05, 0.1) is 11.3 Å². The van der Waals surface area contributed by atoms with E-state index in [1.807, 2.05) is 36.5 Å². The summed E-state index contributed by atoms with van der Waals surface area (Å²) in [5.41, 5.74) is 8.86. The standard InChI is InChI=1S/C34H27NO2/c1-34(2,3)19-22-20-35-28(21-11-5-4-6-12-21)18-25(22)31-32-26(23-13-7-9-15-29(23)36-32)17-27-24-14-8-10-16-30(24)37-33(27)31/h4-18,20H,19H2,1-3H3. The predicted molar refractivity (Wildman–Crippen MR) is 153 cm³/mol. The van der Waals surface area contributed by atoms with E-state index in [1.54, 1.807) is 0 Å². The second-order valence-corrected chi connectivity index (χ2v) is 11.0. The van der Waals surface area contributed by atoms with Gasteiger partial charge in [-0.15, -0.1) is 0 Å². The van der Waals surface area contributed by atoms with Crippen molar-refractivity contribution >= 4 is 43.9 Å². The minimum absolute atomic E-state index is 0.0828. The van der Waals surface area contributed by atoms with Gasteiger partial charge in [0.1, 0.15) is 22.3 Å². The Hall–Kier alpha value is -4.37. The highest BCUT2D eigenvalue weighted by Gasteiger charge is 2.25. The lowest BCUT2D eigenvalue weighted by atomic mass is 9.84. The molecule has 37 heavy (non-hydrogen) atoms. The Morgan fingerprint density at radius 3 is 1.81 bits per heavy atom. The Bertz CT molecular complexity index is 1850. The summed E-state index contributed by atoms with van der Waals surface area (Å²) in [6, 6.07) is 31.3. The van der Waals surface area contributed by atoms with Crippen molar-refractivity contribution in [2.45, 2.75) is 27.2 Å². The lowest BCUT2D eigenvalue weighted by molar-refractivity contribution is 0.411. The number of benzene rings is 4. The molecule has 3 nitrogen and oxygen atoms in total. The third-order valence-corrected chi connectivity index (χ3v) is 7.06. The summed E-state index contributed by atoms with van der Waals surface area (Å²) in [6.45, 7) is 6.79. The van der Waals surface area contributed by atoms with E-state index in [4.69, 9.17) is 13.8 Å². The quantitative estimate of drug-likeness (QED) is 0.252. The fourth-order valence-corrected chi connectivity index (χ4v) is 5.48. The molecule has 180 valence electrons. The molecule has 0 amide bonds. The summed E-state index contributed by atoms with van der Waals surface area (Å²) in [5, 5.41) is 4.43. The summed E-state index contributed by atoms with van der Waals surface area (Å²) in [6.07, 6.45) is 2.92. The Kier molecular flexibility index (Phi) is 4.77. The maximum atomic E-state index is 6.59. The van der Waals surface area contributed by atoms with Gasteiger partial charge in [-0.3, -0.25) is 4.98 Å². The molecule has 0 bridgehead atoms. The van der Waals surface area contributed by atoms with Crippen LogP contribution in [0, 0.1) is 5.41 Å². The molecule has 0 fully saturated rings. The van der Waals surface area contributed by atoms with Crippen LogP contribution in [0.1, 0.15) is 26.3 Å². The molecule has 4 aromatic carbocycles. The van der Waals surface area contributed by atoms with Gasteiger partial charge < -0.3 is 8.83 Å². The highest BCUT2D eigenvalue weighted by molar-refractivity contribution is 6.22. The van der Waals surface area contributed by atoms with E-state index >= 15 is 0 Å². The molecule has 3 aromatic heterocycles. The summed E-state index contributed by atoms with van der Waals surface area (Å²) in [5.74, 6) is 0. The topological polar surface area (TPSA) is 39.2 Å². The second kappa shape index (κ2) is 8.07. The SMILES string of the molecule is CC(C)(C)Cc1cnc(-c2ccccc2)cc1-c1c2oc3ccccc3c2cc2c1oc1ccccc12. The molecule has 3 heteroatoms. The minimum Gasteiger partial charge on any atom is -0.455 e. The van der Waals surface area contributed by atoms with E-state index in [-0.39, 0.29) is 5.41 Å². The Labute approximate surface area is 215 Å². The van der Waals surface area contributed by atoms with Gasteiger partial charge in [0, 0.05) is 33.3 Å². The summed E-state index contributed by atoms with van der Waals surface area (Å²) in [7, 11) is 0. The van der Waals surface area contributed by atoms with Gasteiger partial charge in [0.2, 0.25) is 0 Å². The normalized spacial score (nSPS) is 12.3. The lowest BCUT2D eigenvalue weighted by Crippen LogP contribution is -2.10. The van der Waals surface area contributed by atoms with E-state index in [0.717, 1.165) is 72.7 Å². The zero-order valence-electron chi connectivity index (χ0n) is 21.2. The first-order valence-corrected chi connectivity index (χ1v) is 12.8. The third kappa shape index (κ3) is 3.62. The van der Waals surface area contributed by atoms with Crippen LogP contribution in [0.2, 0.25) is 0 Å². The Morgan fingerprint density at radius 2 is 1.22 bits per heavy atom. The second-order valence-electron chi connectivity index (χ2n) is 11.0. The van der Waals surface area contributed by atoms with Crippen LogP contribution in [0.25, 0.3) is 66.3 Å². The zero-order valence-corrected chi connectivity index (χ0v) is 21.2. The fourth-order valence-electron chi connectivity index (χ4n) is 5.48. The molecule has 0 spiro atoms. The average Bonchev–Trinajstić information content (AvgIpc) is 3.45. The van der Waals surface area contributed by atoms with Gasteiger partial charge in [-0.25, -0.2) is 0 Å². The molecule has 0 aliphatic heterocycles. The van der Waals surface area contributed by atoms with E-state index in [0.29, 0.717) is 0 Å². The maximum Gasteiger partial charge on any atom is 0.147 e. The van der Waals surface area contributed by atoms with Crippen molar-refractivity contribution in [2.24, 2.45) is 5.41 Å². The number of nitrogens with zero attached hydrogens (tertiary/aromatic N) is 1. The Balaban J connectivity index is 1.65. The third-order valence-electron chi connectivity index (χ3n) is 7.06. The summed E-state index contributed by atoms with van der Waals surface area (Å²) >= 11 is 0. The van der Waals surface area contributed by atoms with Gasteiger partial charge in [-0.2, -0.15) is 0 Å². The van der Waals surface area contributed by atoms with Crippen molar-refractivity contribution < 1.29 is 8.83 Å². The number of fused-ring (bicyclic) bond motifs is 6. The molecule has 0 radical (unpaired) electrons. The molecule has 0 saturated heterocycles. The van der Waals surface area contributed by atoms with Gasteiger partial charge in [-0.1, -0.05) is 87.5 Å². The molecule has 0 unspecified atom stereocenters. The van der Waals surface area contributed by atoms with Crippen molar-refractivity contribution in [3.63, 3.8) is 0 Å². The lowest BCUT2D eigenvalue weighted by Gasteiger charge is -2.21. The Morgan fingerprint density at radius 1 is 0.649 bits per heavy atom. The number of hydrogen-bond acceptors (Lipinski definition) is 3. The van der Waals surface area contributed by atoms with Crippen LogP contribution in [-0.2, 0) is 6.42 Å². The average molecular weight is 482 g/mol. The molecule has 0 saturated carbocycles. The van der Waals surface area contributed by atoms with E-state index in [9.17, 15) is 0 Å². The molecular weight excluding hydrogens is 454 g/mol. The van der Waals surface area contributed by atoms with Crippen LogP contribution < -0.4 is 0 Å². The first kappa shape index (κ1) is 21.9. The molecule has 0 N–H and O–H groups in total. The monoisotopic (exact) mass is 481 g/mol. The van der Waals surface area contributed by atoms with E-state index in [2.05, 4.69) is 81.4 Å². The van der Waals surface area contributed by atoms with Crippen LogP contribution in [0.5, 0.6) is 0 Å². The van der Waals surface area contributed by atoms with Crippen LogP contribution in [0.15, 0.2) is 106 Å². The molecule has 0 atom stereocenters. The first-order valence-electron chi connectivity index (χ1n) is 12.8. The van der Waals surface area contributed by atoms with Crippen molar-refractivity contribution in [3.8, 4) is 22.4 Å². The van der Waals surface area contributed by atoms with Gasteiger partial charge in [0.15, 0.2) is 0 Å². The number of furan rings is 2.